The lowest BCUT2D eigenvalue weighted by Crippen LogP contribution is -2.36. The van der Waals surface area contributed by atoms with Crippen LogP contribution < -0.4 is 15.5 Å². The molecule has 0 bridgehead atoms. The predicted octanol–water partition coefficient (Wildman–Crippen LogP) is 3.74. The molecule has 0 aliphatic carbocycles. The molecule has 3 rings (SSSR count). The molecule has 2 N–H and O–H groups in total. The molecule has 1 aliphatic heterocycles. The van der Waals surface area contributed by atoms with Gasteiger partial charge in [-0.3, -0.25) is 0 Å². The van der Waals surface area contributed by atoms with Gasteiger partial charge in [0.05, 0.1) is 13.1 Å². The van der Waals surface area contributed by atoms with Crippen LogP contribution in [0.3, 0.4) is 0 Å². The SMILES string of the molecule is CCNC(=NCc1ccc(N2CCCCCC2)nc1)NCc1ncc(CC)s1. The Kier molecular flexibility index (Phi) is 8.08. The van der Waals surface area contributed by atoms with Crippen LogP contribution in [0.4, 0.5) is 5.82 Å². The highest BCUT2D eigenvalue weighted by Gasteiger charge is 2.10. The Balaban J connectivity index is 1.55. The highest BCUT2D eigenvalue weighted by atomic mass is 32.1. The van der Waals surface area contributed by atoms with E-state index in [-0.39, 0.29) is 0 Å². The van der Waals surface area contributed by atoms with Gasteiger partial charge >= 0.3 is 0 Å². The second kappa shape index (κ2) is 11.0. The third-order valence-electron chi connectivity index (χ3n) is 4.86. The van der Waals surface area contributed by atoms with Gasteiger partial charge in [-0.15, -0.1) is 11.3 Å². The maximum Gasteiger partial charge on any atom is 0.191 e. The topological polar surface area (TPSA) is 65.4 Å². The van der Waals surface area contributed by atoms with Crippen LogP contribution in [0, 0.1) is 0 Å². The van der Waals surface area contributed by atoms with Gasteiger partial charge in [0.25, 0.3) is 0 Å². The van der Waals surface area contributed by atoms with E-state index in [9.17, 15) is 0 Å². The molecule has 0 amide bonds. The molecule has 2 aromatic rings. The first-order valence-electron chi connectivity index (χ1n) is 10.4. The number of aryl methyl sites for hydroxylation is 1. The Hall–Kier alpha value is -2.15. The molecule has 0 aromatic carbocycles. The van der Waals surface area contributed by atoms with Gasteiger partial charge in [0.15, 0.2) is 5.96 Å². The lowest BCUT2D eigenvalue weighted by molar-refractivity contribution is 0.726. The van der Waals surface area contributed by atoms with Crippen molar-refractivity contribution < 1.29 is 0 Å². The van der Waals surface area contributed by atoms with Crippen molar-refractivity contribution in [3.63, 3.8) is 0 Å². The van der Waals surface area contributed by atoms with Crippen LogP contribution >= 0.6 is 11.3 Å². The van der Waals surface area contributed by atoms with Gasteiger partial charge in [0.1, 0.15) is 10.8 Å². The number of pyridine rings is 1. The minimum Gasteiger partial charge on any atom is -0.357 e. The predicted molar refractivity (Wildman–Crippen MR) is 118 cm³/mol. The van der Waals surface area contributed by atoms with Gasteiger partial charge in [-0.1, -0.05) is 25.8 Å². The molecule has 6 nitrogen and oxygen atoms in total. The number of nitrogens with one attached hydrogen (secondary N) is 2. The third-order valence-corrected chi connectivity index (χ3v) is 6.00. The monoisotopic (exact) mass is 400 g/mol. The van der Waals surface area contributed by atoms with Crippen LogP contribution in [0.5, 0.6) is 0 Å². The number of guanidine groups is 1. The van der Waals surface area contributed by atoms with Crippen molar-refractivity contribution in [2.75, 3.05) is 24.5 Å². The zero-order chi connectivity index (χ0) is 19.6. The van der Waals surface area contributed by atoms with Crippen LogP contribution in [0.15, 0.2) is 29.5 Å². The molecule has 0 atom stereocenters. The van der Waals surface area contributed by atoms with Gasteiger partial charge < -0.3 is 15.5 Å². The summed E-state index contributed by atoms with van der Waals surface area (Å²) in [6.45, 7) is 8.61. The van der Waals surface area contributed by atoms with Gasteiger partial charge in [0.2, 0.25) is 0 Å². The first kappa shape index (κ1) is 20.6. The molecule has 3 heterocycles. The number of nitrogens with zero attached hydrogens (tertiary/aromatic N) is 4. The average molecular weight is 401 g/mol. The molecule has 152 valence electrons. The summed E-state index contributed by atoms with van der Waals surface area (Å²) in [5.74, 6) is 1.91. The molecule has 1 fully saturated rings. The summed E-state index contributed by atoms with van der Waals surface area (Å²) in [4.78, 5) is 17.6. The summed E-state index contributed by atoms with van der Waals surface area (Å²) in [6.07, 6.45) is 10.2. The van der Waals surface area contributed by atoms with E-state index < -0.39 is 0 Å². The van der Waals surface area contributed by atoms with Gasteiger partial charge in [-0.25, -0.2) is 15.0 Å². The first-order valence-corrected chi connectivity index (χ1v) is 11.3. The van der Waals surface area contributed by atoms with E-state index in [0.29, 0.717) is 13.1 Å². The number of thiazole rings is 1. The van der Waals surface area contributed by atoms with E-state index in [4.69, 9.17) is 4.99 Å². The van der Waals surface area contributed by atoms with Crippen LogP contribution in [0.25, 0.3) is 0 Å². The maximum atomic E-state index is 4.70. The van der Waals surface area contributed by atoms with Crippen molar-refractivity contribution in [3.8, 4) is 0 Å². The molecule has 1 aliphatic rings. The summed E-state index contributed by atoms with van der Waals surface area (Å²) in [6, 6.07) is 4.28. The standard InChI is InChI=1S/C21H32N6S/c1-3-18-15-24-20(28-18)16-26-21(22-4-2)25-14-17-9-10-19(23-13-17)27-11-7-5-6-8-12-27/h9-10,13,15H,3-8,11-12,14,16H2,1-2H3,(H2,22,25,26). The van der Waals surface area contributed by atoms with Crippen LogP contribution in [0.1, 0.15) is 55.0 Å². The summed E-state index contributed by atoms with van der Waals surface area (Å²) < 4.78 is 0. The quantitative estimate of drug-likeness (QED) is 0.548. The number of anilines is 1. The van der Waals surface area contributed by atoms with Crippen LogP contribution in [0.2, 0.25) is 0 Å². The number of hydrogen-bond acceptors (Lipinski definition) is 5. The van der Waals surface area contributed by atoms with E-state index in [1.54, 1.807) is 11.3 Å². The largest absolute Gasteiger partial charge is 0.357 e. The Labute approximate surface area is 172 Å². The number of aromatic nitrogens is 2. The Bertz CT molecular complexity index is 732. The van der Waals surface area contributed by atoms with Gasteiger partial charge in [-0.05, 0) is 37.8 Å². The van der Waals surface area contributed by atoms with Crippen molar-refractivity contribution in [2.24, 2.45) is 4.99 Å². The summed E-state index contributed by atoms with van der Waals surface area (Å²) in [5, 5.41) is 7.76. The fourth-order valence-corrected chi connectivity index (χ4v) is 4.06. The van der Waals surface area contributed by atoms with Crippen molar-refractivity contribution >= 4 is 23.1 Å². The molecule has 0 spiro atoms. The van der Waals surface area contributed by atoms with E-state index >= 15 is 0 Å². The van der Waals surface area contributed by atoms with E-state index in [0.717, 1.165) is 48.4 Å². The molecule has 2 aromatic heterocycles. The van der Waals surface area contributed by atoms with E-state index in [2.05, 4.69) is 51.5 Å². The van der Waals surface area contributed by atoms with E-state index in [1.165, 1.54) is 30.6 Å². The third kappa shape index (κ3) is 6.19. The Morgan fingerprint density at radius 3 is 2.54 bits per heavy atom. The second-order valence-electron chi connectivity index (χ2n) is 7.05. The lowest BCUT2D eigenvalue weighted by Gasteiger charge is -2.21. The van der Waals surface area contributed by atoms with Crippen molar-refractivity contribution in [1.29, 1.82) is 0 Å². The first-order chi connectivity index (χ1) is 13.8. The summed E-state index contributed by atoms with van der Waals surface area (Å²) in [7, 11) is 0. The maximum absolute atomic E-state index is 4.70. The lowest BCUT2D eigenvalue weighted by atomic mass is 10.2. The van der Waals surface area contributed by atoms with Crippen molar-refractivity contribution in [2.45, 2.75) is 59.0 Å². The molecular weight excluding hydrogens is 368 g/mol. The highest BCUT2D eigenvalue weighted by Crippen LogP contribution is 2.17. The van der Waals surface area contributed by atoms with Crippen LogP contribution in [-0.4, -0.2) is 35.6 Å². The summed E-state index contributed by atoms with van der Waals surface area (Å²) in [5.41, 5.74) is 1.12. The number of hydrogen-bond donors (Lipinski definition) is 2. The highest BCUT2D eigenvalue weighted by molar-refractivity contribution is 7.11. The molecule has 28 heavy (non-hydrogen) atoms. The Morgan fingerprint density at radius 2 is 1.89 bits per heavy atom. The molecule has 0 unspecified atom stereocenters. The smallest absolute Gasteiger partial charge is 0.191 e. The molecule has 1 saturated heterocycles. The van der Waals surface area contributed by atoms with Crippen LogP contribution in [-0.2, 0) is 19.5 Å². The fourth-order valence-electron chi connectivity index (χ4n) is 3.26. The minimum atomic E-state index is 0.612. The number of rotatable bonds is 7. The zero-order valence-electron chi connectivity index (χ0n) is 17.1. The minimum absolute atomic E-state index is 0.612. The average Bonchev–Trinajstić information content (AvgIpc) is 3.02. The molecular formula is C21H32N6S. The number of aliphatic imine (C=N–C) groups is 1. The van der Waals surface area contributed by atoms with Crippen molar-refractivity contribution in [1.82, 2.24) is 20.6 Å². The normalized spacial score (nSPS) is 15.4. The van der Waals surface area contributed by atoms with E-state index in [1.807, 2.05) is 12.4 Å². The molecule has 0 saturated carbocycles. The Morgan fingerprint density at radius 1 is 1.07 bits per heavy atom. The fraction of sp³-hybridized carbons (Fsp3) is 0.571. The second-order valence-corrected chi connectivity index (χ2v) is 8.25. The summed E-state index contributed by atoms with van der Waals surface area (Å²) >= 11 is 1.75. The molecule has 0 radical (unpaired) electrons. The van der Waals surface area contributed by atoms with Gasteiger partial charge in [0, 0.05) is 36.9 Å². The van der Waals surface area contributed by atoms with Crippen molar-refractivity contribution in [3.05, 3.63) is 40.0 Å². The molecule has 7 heteroatoms. The van der Waals surface area contributed by atoms with Gasteiger partial charge in [-0.2, -0.15) is 0 Å². The zero-order valence-corrected chi connectivity index (χ0v) is 17.9.